The molecule has 1 amide bonds. The number of amides is 1. The molecule has 0 aliphatic carbocycles. The lowest BCUT2D eigenvalue weighted by atomic mass is 10.1. The summed E-state index contributed by atoms with van der Waals surface area (Å²) < 4.78 is 33.7. The van der Waals surface area contributed by atoms with E-state index in [0.717, 1.165) is 23.1 Å². The van der Waals surface area contributed by atoms with Crippen LogP contribution in [0.1, 0.15) is 23.6 Å². The van der Waals surface area contributed by atoms with Crippen molar-refractivity contribution in [3.8, 4) is 5.75 Å². The van der Waals surface area contributed by atoms with Gasteiger partial charge in [0, 0.05) is 12.2 Å². The number of carbonyl (C=O) groups excluding carboxylic acids is 1. The van der Waals surface area contributed by atoms with Crippen LogP contribution in [0.15, 0.2) is 77.7 Å². The van der Waals surface area contributed by atoms with Crippen molar-refractivity contribution >= 4 is 21.6 Å². The van der Waals surface area contributed by atoms with Gasteiger partial charge in [0.2, 0.25) is 15.9 Å². The van der Waals surface area contributed by atoms with Gasteiger partial charge in [-0.1, -0.05) is 55.5 Å². The summed E-state index contributed by atoms with van der Waals surface area (Å²) in [4.78, 5) is 12.9. The number of aryl methyl sites for hydroxylation is 2. The van der Waals surface area contributed by atoms with Gasteiger partial charge in [0.05, 0.1) is 13.7 Å². The molecule has 0 heterocycles. The van der Waals surface area contributed by atoms with Gasteiger partial charge in [-0.25, -0.2) is 8.42 Å². The van der Waals surface area contributed by atoms with E-state index in [9.17, 15) is 13.2 Å². The first-order chi connectivity index (χ1) is 15.3. The Labute approximate surface area is 189 Å². The normalized spacial score (nSPS) is 11.4. The Balaban J connectivity index is 1.91. The van der Waals surface area contributed by atoms with E-state index in [2.05, 4.69) is 12.2 Å². The van der Waals surface area contributed by atoms with Crippen molar-refractivity contribution in [2.45, 2.75) is 31.7 Å². The van der Waals surface area contributed by atoms with E-state index < -0.39 is 15.9 Å². The van der Waals surface area contributed by atoms with Crippen LogP contribution in [0.3, 0.4) is 0 Å². The number of ether oxygens (including phenoxy) is 1. The monoisotopic (exact) mass is 452 g/mol. The number of rotatable bonds is 9. The molecule has 0 aliphatic rings. The fourth-order valence-electron chi connectivity index (χ4n) is 3.32. The van der Waals surface area contributed by atoms with Gasteiger partial charge in [-0.05, 0) is 54.3 Å². The van der Waals surface area contributed by atoms with Crippen LogP contribution in [0.4, 0.5) is 5.69 Å². The van der Waals surface area contributed by atoms with Crippen molar-refractivity contribution in [2.24, 2.45) is 0 Å². The largest absolute Gasteiger partial charge is 0.495 e. The van der Waals surface area contributed by atoms with E-state index in [4.69, 9.17) is 4.74 Å². The molecule has 7 heteroatoms. The molecule has 0 aliphatic heterocycles. The quantitative estimate of drug-likeness (QED) is 0.522. The van der Waals surface area contributed by atoms with Crippen LogP contribution < -0.4 is 10.1 Å². The molecule has 0 radical (unpaired) electrons. The molecule has 3 aromatic rings. The van der Waals surface area contributed by atoms with Crippen LogP contribution in [0.25, 0.3) is 0 Å². The van der Waals surface area contributed by atoms with Crippen molar-refractivity contribution in [2.75, 3.05) is 19.0 Å². The number of nitrogens with zero attached hydrogens (tertiary/aromatic N) is 1. The highest BCUT2D eigenvalue weighted by atomic mass is 32.2. The first-order valence-electron chi connectivity index (χ1n) is 10.4. The second-order valence-corrected chi connectivity index (χ2v) is 9.42. The minimum atomic E-state index is -4.02. The van der Waals surface area contributed by atoms with Gasteiger partial charge in [-0.15, -0.1) is 0 Å². The van der Waals surface area contributed by atoms with Gasteiger partial charge in [-0.2, -0.15) is 4.31 Å². The number of methoxy groups -OCH3 is 1. The van der Waals surface area contributed by atoms with Crippen LogP contribution in [0, 0.1) is 6.92 Å². The lowest BCUT2D eigenvalue weighted by Crippen LogP contribution is -2.37. The summed E-state index contributed by atoms with van der Waals surface area (Å²) in [6.07, 6.45) is 0.898. The van der Waals surface area contributed by atoms with Crippen molar-refractivity contribution in [1.82, 2.24) is 4.31 Å². The average molecular weight is 453 g/mol. The number of carbonyl (C=O) groups is 1. The molecule has 0 saturated carbocycles. The van der Waals surface area contributed by atoms with E-state index in [0.29, 0.717) is 5.69 Å². The van der Waals surface area contributed by atoms with Crippen LogP contribution in [0.5, 0.6) is 5.75 Å². The van der Waals surface area contributed by atoms with E-state index >= 15 is 0 Å². The Morgan fingerprint density at radius 2 is 1.66 bits per heavy atom. The molecule has 0 aromatic heterocycles. The van der Waals surface area contributed by atoms with E-state index in [1.165, 1.54) is 11.4 Å². The Bertz CT molecular complexity index is 1160. The maximum atomic E-state index is 13.6. The maximum absolute atomic E-state index is 13.6. The number of sulfonamides is 1. The smallest absolute Gasteiger partial charge is 0.247 e. The summed E-state index contributed by atoms with van der Waals surface area (Å²) in [5, 5.41) is 2.80. The standard InChI is InChI=1S/C25H28N2O4S/c1-4-20-11-13-22(14-12-20)26-25(28)18-27(17-21-8-6-5-7-9-21)32(29,30)24-16-19(2)10-15-23(24)31-3/h5-16H,4,17-18H2,1-3H3,(H,26,28). The molecule has 0 saturated heterocycles. The third-order valence-corrected chi connectivity index (χ3v) is 6.92. The predicted molar refractivity (Wildman–Crippen MR) is 126 cm³/mol. The summed E-state index contributed by atoms with van der Waals surface area (Å²) >= 11 is 0. The lowest BCUT2D eigenvalue weighted by Gasteiger charge is -2.23. The minimum Gasteiger partial charge on any atom is -0.495 e. The van der Waals surface area contributed by atoms with Gasteiger partial charge in [0.15, 0.2) is 0 Å². The highest BCUT2D eigenvalue weighted by molar-refractivity contribution is 7.89. The maximum Gasteiger partial charge on any atom is 0.247 e. The van der Waals surface area contributed by atoms with Crippen molar-refractivity contribution in [3.63, 3.8) is 0 Å². The van der Waals surface area contributed by atoms with Crippen LogP contribution in [0.2, 0.25) is 0 Å². The zero-order chi connectivity index (χ0) is 23.1. The Hall–Kier alpha value is -3.16. The van der Waals surface area contributed by atoms with Crippen molar-refractivity contribution in [3.05, 3.63) is 89.5 Å². The lowest BCUT2D eigenvalue weighted by molar-refractivity contribution is -0.116. The summed E-state index contributed by atoms with van der Waals surface area (Å²) in [5.41, 5.74) is 3.34. The molecule has 0 unspecified atom stereocenters. The fourth-order valence-corrected chi connectivity index (χ4v) is 4.95. The molecule has 3 aromatic carbocycles. The molecule has 1 N–H and O–H groups in total. The minimum absolute atomic E-state index is 0.0380. The fraction of sp³-hybridized carbons (Fsp3) is 0.240. The molecular weight excluding hydrogens is 424 g/mol. The Kier molecular flexibility index (Phi) is 7.66. The number of nitrogens with one attached hydrogen (secondary N) is 1. The van der Waals surface area contributed by atoms with Gasteiger partial charge in [0.25, 0.3) is 0 Å². The number of hydrogen-bond acceptors (Lipinski definition) is 4. The number of anilines is 1. The molecular formula is C25H28N2O4S. The SMILES string of the molecule is CCc1ccc(NC(=O)CN(Cc2ccccc2)S(=O)(=O)c2cc(C)ccc2OC)cc1. The van der Waals surface area contributed by atoms with Gasteiger partial charge in [0.1, 0.15) is 10.6 Å². The molecule has 168 valence electrons. The van der Waals surface area contributed by atoms with E-state index in [1.807, 2.05) is 61.5 Å². The molecule has 0 atom stereocenters. The summed E-state index contributed by atoms with van der Waals surface area (Å²) in [7, 11) is -2.59. The zero-order valence-electron chi connectivity index (χ0n) is 18.5. The average Bonchev–Trinajstić information content (AvgIpc) is 2.79. The van der Waals surface area contributed by atoms with Crippen LogP contribution in [-0.4, -0.2) is 32.3 Å². The second kappa shape index (κ2) is 10.4. The first kappa shape index (κ1) is 23.5. The molecule has 6 nitrogen and oxygen atoms in total. The Morgan fingerprint density at radius 3 is 2.28 bits per heavy atom. The topological polar surface area (TPSA) is 75.7 Å². The molecule has 0 bridgehead atoms. The molecule has 32 heavy (non-hydrogen) atoms. The van der Waals surface area contributed by atoms with Gasteiger partial charge >= 0.3 is 0 Å². The number of hydrogen-bond donors (Lipinski definition) is 1. The summed E-state index contributed by atoms with van der Waals surface area (Å²) in [5.74, 6) is -0.176. The highest BCUT2D eigenvalue weighted by Crippen LogP contribution is 2.28. The van der Waals surface area contributed by atoms with Crippen molar-refractivity contribution in [1.29, 1.82) is 0 Å². The van der Waals surface area contributed by atoms with E-state index in [1.54, 1.807) is 18.2 Å². The number of benzene rings is 3. The van der Waals surface area contributed by atoms with Crippen LogP contribution in [-0.2, 0) is 27.8 Å². The zero-order valence-corrected chi connectivity index (χ0v) is 19.4. The summed E-state index contributed by atoms with van der Waals surface area (Å²) in [6, 6.07) is 21.7. The predicted octanol–water partition coefficient (Wildman–Crippen LogP) is 4.40. The summed E-state index contributed by atoms with van der Waals surface area (Å²) in [6.45, 7) is 3.60. The molecule has 0 spiro atoms. The van der Waals surface area contributed by atoms with Crippen molar-refractivity contribution < 1.29 is 17.9 Å². The van der Waals surface area contributed by atoms with Crippen LogP contribution >= 0.6 is 0 Å². The second-order valence-electron chi connectivity index (χ2n) is 7.51. The molecule has 0 fully saturated rings. The highest BCUT2D eigenvalue weighted by Gasteiger charge is 2.30. The first-order valence-corrected chi connectivity index (χ1v) is 11.8. The Morgan fingerprint density at radius 1 is 0.969 bits per heavy atom. The molecule has 3 rings (SSSR count). The third-order valence-electron chi connectivity index (χ3n) is 5.10. The third kappa shape index (κ3) is 5.75. The van der Waals surface area contributed by atoms with Gasteiger partial charge in [-0.3, -0.25) is 4.79 Å². The van der Waals surface area contributed by atoms with E-state index in [-0.39, 0.29) is 23.7 Å². The van der Waals surface area contributed by atoms with Gasteiger partial charge < -0.3 is 10.1 Å².